The third-order valence-corrected chi connectivity index (χ3v) is 3.22. The Bertz CT molecular complexity index is 592. The van der Waals surface area contributed by atoms with Gasteiger partial charge in [0.05, 0.1) is 15.4 Å². The zero-order valence-electron chi connectivity index (χ0n) is 10.1. The Hall–Kier alpha value is -2.02. The zero-order valence-corrected chi connectivity index (χ0v) is 11.7. The van der Waals surface area contributed by atoms with Gasteiger partial charge in [0.15, 0.2) is 0 Å². The van der Waals surface area contributed by atoms with Crippen molar-refractivity contribution in [2.75, 3.05) is 5.32 Å². The van der Waals surface area contributed by atoms with Crippen LogP contribution in [0.3, 0.4) is 0 Å². The molecule has 6 nitrogen and oxygen atoms in total. The van der Waals surface area contributed by atoms with Gasteiger partial charge in [-0.2, -0.15) is 0 Å². The van der Waals surface area contributed by atoms with E-state index in [-0.39, 0.29) is 11.7 Å². The molecule has 2 aromatic heterocycles. The van der Waals surface area contributed by atoms with Crippen LogP contribution in [0.25, 0.3) is 0 Å². The lowest BCUT2D eigenvalue weighted by molar-refractivity contribution is -0.384. The minimum atomic E-state index is -0.462. The van der Waals surface area contributed by atoms with Gasteiger partial charge in [0, 0.05) is 18.6 Å². The highest BCUT2D eigenvalue weighted by Gasteiger charge is 2.19. The molecule has 0 bridgehead atoms. The summed E-state index contributed by atoms with van der Waals surface area (Å²) < 4.78 is 0.553. The molecule has 0 aliphatic rings. The Balaban J connectivity index is 2.31. The van der Waals surface area contributed by atoms with Crippen LogP contribution in [-0.2, 0) is 0 Å². The number of aromatic nitrogens is 2. The van der Waals surface area contributed by atoms with Gasteiger partial charge in [-0.3, -0.25) is 20.1 Å². The molecule has 0 spiro atoms. The maximum atomic E-state index is 11.0. The predicted octanol–water partition coefficient (Wildman–Crippen LogP) is 3.32. The number of hydrogen-bond acceptors (Lipinski definition) is 5. The molecule has 1 unspecified atom stereocenters. The lowest BCUT2D eigenvalue weighted by Gasteiger charge is -2.16. The Labute approximate surface area is 118 Å². The van der Waals surface area contributed by atoms with Crippen molar-refractivity contribution in [3.05, 3.63) is 57.1 Å². The average Bonchev–Trinajstić information content (AvgIpc) is 2.41. The quantitative estimate of drug-likeness (QED) is 0.689. The molecule has 0 saturated carbocycles. The van der Waals surface area contributed by atoms with Crippen molar-refractivity contribution in [1.82, 2.24) is 9.97 Å². The van der Waals surface area contributed by atoms with E-state index in [0.29, 0.717) is 10.2 Å². The second-order valence-corrected chi connectivity index (χ2v) is 4.78. The van der Waals surface area contributed by atoms with Gasteiger partial charge in [0.2, 0.25) is 0 Å². The van der Waals surface area contributed by atoms with Crippen molar-refractivity contribution in [2.24, 2.45) is 0 Å². The summed E-state index contributed by atoms with van der Waals surface area (Å²) in [6.45, 7) is 1.91. The van der Waals surface area contributed by atoms with Crippen molar-refractivity contribution in [3.8, 4) is 0 Å². The van der Waals surface area contributed by atoms with Gasteiger partial charge < -0.3 is 5.32 Å². The van der Waals surface area contributed by atoms with Crippen LogP contribution in [0.5, 0.6) is 0 Å². The Morgan fingerprint density at radius 3 is 2.79 bits per heavy atom. The normalized spacial score (nSPS) is 11.9. The fourth-order valence-corrected chi connectivity index (χ4v) is 2.07. The molecule has 1 atom stereocenters. The Morgan fingerprint density at radius 2 is 2.16 bits per heavy atom. The minimum Gasteiger partial charge on any atom is -0.372 e. The van der Waals surface area contributed by atoms with Gasteiger partial charge in [-0.15, -0.1) is 0 Å². The summed E-state index contributed by atoms with van der Waals surface area (Å²) in [6.07, 6.45) is 6.15. The number of nitrogens with one attached hydrogen (secondary N) is 1. The van der Waals surface area contributed by atoms with Gasteiger partial charge in [-0.1, -0.05) is 6.07 Å². The first-order valence-corrected chi connectivity index (χ1v) is 6.33. The second-order valence-electron chi connectivity index (χ2n) is 3.92. The molecule has 2 aromatic rings. The van der Waals surface area contributed by atoms with Crippen molar-refractivity contribution in [3.63, 3.8) is 0 Å². The molecule has 0 aromatic carbocycles. The standard InChI is InChI=1S/C12H11BrN4O2/c1-8(9-3-2-4-14-5-9)16-12-10(13)6-15-7-11(12)17(18)19/h2-8H,1H3,(H,15,16). The van der Waals surface area contributed by atoms with Gasteiger partial charge in [-0.25, -0.2) is 0 Å². The number of anilines is 1. The van der Waals surface area contributed by atoms with Crippen molar-refractivity contribution in [2.45, 2.75) is 13.0 Å². The lowest BCUT2D eigenvalue weighted by Crippen LogP contribution is -2.09. The Kier molecular flexibility index (Phi) is 4.06. The molecule has 1 N–H and O–H groups in total. The van der Waals surface area contributed by atoms with E-state index in [9.17, 15) is 10.1 Å². The molecule has 98 valence electrons. The highest BCUT2D eigenvalue weighted by atomic mass is 79.9. The first kappa shape index (κ1) is 13.4. The summed E-state index contributed by atoms with van der Waals surface area (Å²) in [5.74, 6) is 0. The summed E-state index contributed by atoms with van der Waals surface area (Å²) in [5.41, 5.74) is 1.29. The highest BCUT2D eigenvalue weighted by molar-refractivity contribution is 9.10. The second kappa shape index (κ2) is 5.75. The first-order chi connectivity index (χ1) is 9.09. The number of rotatable bonds is 4. The molecule has 2 heterocycles. The van der Waals surface area contributed by atoms with E-state index < -0.39 is 4.92 Å². The zero-order chi connectivity index (χ0) is 13.8. The highest BCUT2D eigenvalue weighted by Crippen LogP contribution is 2.33. The number of halogens is 1. The van der Waals surface area contributed by atoms with Crippen molar-refractivity contribution >= 4 is 27.3 Å². The van der Waals surface area contributed by atoms with Gasteiger partial charge >= 0.3 is 5.69 Å². The molecule has 0 radical (unpaired) electrons. The largest absolute Gasteiger partial charge is 0.372 e. The number of hydrogen-bond donors (Lipinski definition) is 1. The SMILES string of the molecule is CC(Nc1c(Br)cncc1[N+](=O)[O-])c1cccnc1. The summed E-state index contributed by atoms with van der Waals surface area (Å²) >= 11 is 3.27. The average molecular weight is 323 g/mol. The van der Waals surface area contributed by atoms with Crippen LogP contribution < -0.4 is 5.32 Å². The molecule has 0 fully saturated rings. The summed E-state index contributed by atoms with van der Waals surface area (Å²) in [5, 5.41) is 14.1. The monoisotopic (exact) mass is 322 g/mol. The van der Waals surface area contributed by atoms with E-state index in [2.05, 4.69) is 31.2 Å². The van der Waals surface area contributed by atoms with Crippen LogP contribution in [-0.4, -0.2) is 14.9 Å². The van der Waals surface area contributed by atoms with E-state index in [1.54, 1.807) is 12.4 Å². The Morgan fingerprint density at radius 1 is 1.37 bits per heavy atom. The van der Waals surface area contributed by atoms with E-state index in [4.69, 9.17) is 0 Å². The van der Waals surface area contributed by atoms with E-state index in [1.807, 2.05) is 19.1 Å². The topological polar surface area (TPSA) is 81.0 Å². The van der Waals surface area contributed by atoms with Gasteiger partial charge in [0.25, 0.3) is 0 Å². The number of nitro groups is 1. The summed E-state index contributed by atoms with van der Waals surface area (Å²) in [7, 11) is 0. The van der Waals surface area contributed by atoms with E-state index in [0.717, 1.165) is 5.56 Å². The third kappa shape index (κ3) is 3.05. The molecule has 19 heavy (non-hydrogen) atoms. The number of nitrogens with zero attached hydrogens (tertiary/aromatic N) is 3. The van der Waals surface area contributed by atoms with Crippen LogP contribution >= 0.6 is 15.9 Å². The van der Waals surface area contributed by atoms with E-state index in [1.165, 1.54) is 12.4 Å². The molecule has 7 heteroatoms. The maximum Gasteiger partial charge on any atom is 0.311 e. The fourth-order valence-electron chi connectivity index (χ4n) is 1.64. The van der Waals surface area contributed by atoms with Crippen LogP contribution in [0, 0.1) is 10.1 Å². The van der Waals surface area contributed by atoms with Crippen LogP contribution in [0.15, 0.2) is 41.4 Å². The van der Waals surface area contributed by atoms with E-state index >= 15 is 0 Å². The molecule has 0 amide bonds. The van der Waals surface area contributed by atoms with Crippen LogP contribution in [0.2, 0.25) is 0 Å². The predicted molar refractivity (Wildman–Crippen MR) is 74.9 cm³/mol. The molecule has 0 saturated heterocycles. The fraction of sp³-hybridized carbons (Fsp3) is 0.167. The maximum absolute atomic E-state index is 11.0. The van der Waals surface area contributed by atoms with Crippen molar-refractivity contribution in [1.29, 1.82) is 0 Å². The molecule has 0 aliphatic heterocycles. The van der Waals surface area contributed by atoms with Crippen molar-refractivity contribution < 1.29 is 4.92 Å². The molecular weight excluding hydrogens is 312 g/mol. The summed E-state index contributed by atoms with van der Waals surface area (Å²) in [6, 6.07) is 3.63. The first-order valence-electron chi connectivity index (χ1n) is 5.54. The lowest BCUT2D eigenvalue weighted by atomic mass is 10.1. The molecule has 0 aliphatic carbocycles. The van der Waals surface area contributed by atoms with Gasteiger partial charge in [-0.05, 0) is 34.5 Å². The smallest absolute Gasteiger partial charge is 0.311 e. The summed E-state index contributed by atoms with van der Waals surface area (Å²) in [4.78, 5) is 18.4. The molecular formula is C12H11BrN4O2. The molecule has 2 rings (SSSR count). The van der Waals surface area contributed by atoms with Gasteiger partial charge in [0.1, 0.15) is 11.9 Å². The van der Waals surface area contributed by atoms with Crippen LogP contribution in [0.4, 0.5) is 11.4 Å². The third-order valence-electron chi connectivity index (χ3n) is 2.62. The number of pyridine rings is 2. The van der Waals surface area contributed by atoms with Crippen LogP contribution in [0.1, 0.15) is 18.5 Å². The minimum absolute atomic E-state index is 0.0647.